The molecule has 0 bridgehead atoms. The Hall–Kier alpha value is -3.31. The van der Waals surface area contributed by atoms with Gasteiger partial charge in [0.2, 0.25) is 5.95 Å². The van der Waals surface area contributed by atoms with E-state index in [1.807, 2.05) is 13.8 Å². The lowest BCUT2D eigenvalue weighted by Crippen LogP contribution is -2.10. The van der Waals surface area contributed by atoms with Crippen LogP contribution in [0.2, 0.25) is 0 Å². The maximum Gasteiger partial charge on any atom is 0.223 e. The molecule has 2 heterocycles. The van der Waals surface area contributed by atoms with Crippen LogP contribution in [0.15, 0.2) is 53.6 Å². The Morgan fingerprint density at radius 3 is 2.46 bits per heavy atom. The summed E-state index contributed by atoms with van der Waals surface area (Å²) < 4.78 is 57.5. The third kappa shape index (κ3) is 6.34. The normalized spacial score (nSPS) is 12.2. The number of benzene rings is 2. The van der Waals surface area contributed by atoms with E-state index in [-0.39, 0.29) is 11.6 Å². The average molecular weight is 546 g/mol. The second kappa shape index (κ2) is 11.4. The largest absolute Gasteiger partial charge is 0.354 e. The summed E-state index contributed by atoms with van der Waals surface area (Å²) in [7, 11) is -2.24. The van der Waals surface area contributed by atoms with Gasteiger partial charge in [-0.3, -0.25) is 4.72 Å². The van der Waals surface area contributed by atoms with Crippen molar-refractivity contribution in [1.82, 2.24) is 15.0 Å². The third-order valence-corrected chi connectivity index (χ3v) is 7.73. The molecule has 194 valence electrons. The first-order valence-electron chi connectivity index (χ1n) is 11.6. The Bertz CT molecular complexity index is 1440. The van der Waals surface area contributed by atoms with Crippen molar-refractivity contribution < 1.29 is 17.4 Å². The first-order chi connectivity index (χ1) is 17.6. The monoisotopic (exact) mass is 545 g/mol. The van der Waals surface area contributed by atoms with Gasteiger partial charge in [-0.05, 0) is 48.4 Å². The molecule has 6 nitrogen and oxygen atoms in total. The standard InChI is InChI=1S/C26H26F3N5OS2/c1-14(2)13-31-26-30-10-9-20(32-26)24-23(33-25(36-24)15(3)4)16-5-7-18(28)21(11-16)34-37(35)22-12-17(27)6-8-19(22)29/h5-12,14-15,34H,13H2,1-4H3,(H,30,31,32). The fourth-order valence-corrected chi connectivity index (χ4v) is 5.33. The van der Waals surface area contributed by atoms with Crippen molar-refractivity contribution in [1.29, 1.82) is 0 Å². The number of halogens is 3. The highest BCUT2D eigenvalue weighted by Crippen LogP contribution is 2.39. The predicted octanol–water partition coefficient (Wildman–Crippen LogP) is 7.01. The molecule has 0 fully saturated rings. The van der Waals surface area contributed by atoms with E-state index < -0.39 is 33.3 Å². The van der Waals surface area contributed by atoms with Gasteiger partial charge >= 0.3 is 0 Å². The van der Waals surface area contributed by atoms with Crippen LogP contribution in [0.25, 0.3) is 21.8 Å². The Labute approximate surface area is 220 Å². The fraction of sp³-hybridized carbons (Fsp3) is 0.269. The van der Waals surface area contributed by atoms with Crippen LogP contribution in [0, 0.1) is 23.4 Å². The number of nitrogens with zero attached hydrogens (tertiary/aromatic N) is 3. The number of nitrogens with one attached hydrogen (secondary N) is 2. The van der Waals surface area contributed by atoms with E-state index in [0.717, 1.165) is 28.1 Å². The Kier molecular flexibility index (Phi) is 8.23. The highest BCUT2D eigenvalue weighted by atomic mass is 32.2. The number of thiazole rings is 1. The summed E-state index contributed by atoms with van der Waals surface area (Å²) in [5, 5.41) is 4.08. The van der Waals surface area contributed by atoms with Gasteiger partial charge in [0.25, 0.3) is 0 Å². The first kappa shape index (κ1) is 26.7. The molecule has 11 heteroatoms. The summed E-state index contributed by atoms with van der Waals surface area (Å²) in [6, 6.07) is 8.62. The van der Waals surface area contributed by atoms with Gasteiger partial charge in [-0.2, -0.15) is 0 Å². The van der Waals surface area contributed by atoms with Crippen molar-refractivity contribution in [2.24, 2.45) is 5.92 Å². The zero-order valence-electron chi connectivity index (χ0n) is 20.7. The van der Waals surface area contributed by atoms with Gasteiger partial charge in [-0.15, -0.1) is 11.3 Å². The fourth-order valence-electron chi connectivity index (χ4n) is 3.34. The van der Waals surface area contributed by atoms with Crippen LogP contribution >= 0.6 is 11.3 Å². The van der Waals surface area contributed by atoms with E-state index in [4.69, 9.17) is 4.98 Å². The van der Waals surface area contributed by atoms with Crippen molar-refractivity contribution in [2.45, 2.75) is 38.5 Å². The predicted molar refractivity (Wildman–Crippen MR) is 142 cm³/mol. The lowest BCUT2D eigenvalue weighted by Gasteiger charge is -2.11. The molecular weight excluding hydrogens is 519 g/mol. The van der Waals surface area contributed by atoms with Crippen LogP contribution in [-0.2, 0) is 11.0 Å². The molecule has 0 aliphatic heterocycles. The SMILES string of the molecule is CC(C)CNc1nccc(-c2sc(C(C)C)nc2-c2ccc(F)c(NS(=O)c3cc(F)ccc3F)c2)n1. The molecule has 0 saturated carbocycles. The highest BCUT2D eigenvalue weighted by Gasteiger charge is 2.20. The van der Waals surface area contributed by atoms with Gasteiger partial charge < -0.3 is 5.32 Å². The molecule has 0 amide bonds. The second-order valence-corrected chi connectivity index (χ2v) is 11.3. The lowest BCUT2D eigenvalue weighted by molar-refractivity contribution is 0.572. The van der Waals surface area contributed by atoms with E-state index in [1.165, 1.54) is 23.5 Å². The Morgan fingerprint density at radius 2 is 1.73 bits per heavy atom. The molecule has 1 atom stereocenters. The average Bonchev–Trinajstić information content (AvgIpc) is 3.32. The minimum Gasteiger partial charge on any atom is -0.354 e. The molecule has 2 N–H and O–H groups in total. The molecule has 1 unspecified atom stereocenters. The highest BCUT2D eigenvalue weighted by molar-refractivity contribution is 7.86. The van der Waals surface area contributed by atoms with Crippen LogP contribution in [0.3, 0.4) is 0 Å². The second-order valence-electron chi connectivity index (χ2n) is 9.06. The molecule has 0 aliphatic carbocycles. The van der Waals surface area contributed by atoms with Crippen LogP contribution in [0.4, 0.5) is 24.8 Å². The minimum atomic E-state index is -2.24. The van der Waals surface area contributed by atoms with E-state index >= 15 is 0 Å². The summed E-state index contributed by atoms with van der Waals surface area (Å²) in [5.74, 6) is -1.27. The van der Waals surface area contributed by atoms with E-state index in [1.54, 1.807) is 18.3 Å². The summed E-state index contributed by atoms with van der Waals surface area (Å²) in [5.41, 5.74) is 1.65. The van der Waals surface area contributed by atoms with Crippen LogP contribution < -0.4 is 10.0 Å². The molecule has 4 rings (SSSR count). The number of hydrogen-bond donors (Lipinski definition) is 2. The zero-order chi connectivity index (χ0) is 26.7. The van der Waals surface area contributed by atoms with Gasteiger partial charge in [0.05, 0.1) is 31.9 Å². The topological polar surface area (TPSA) is 79.8 Å². The molecule has 0 radical (unpaired) electrons. The maximum absolute atomic E-state index is 14.7. The lowest BCUT2D eigenvalue weighted by atomic mass is 10.1. The molecule has 37 heavy (non-hydrogen) atoms. The van der Waals surface area contributed by atoms with E-state index in [2.05, 4.69) is 33.9 Å². The maximum atomic E-state index is 14.7. The third-order valence-electron chi connectivity index (χ3n) is 5.23. The van der Waals surface area contributed by atoms with E-state index in [0.29, 0.717) is 35.4 Å². The smallest absolute Gasteiger partial charge is 0.223 e. The van der Waals surface area contributed by atoms with Gasteiger partial charge in [0, 0.05) is 24.2 Å². The zero-order valence-corrected chi connectivity index (χ0v) is 22.3. The summed E-state index contributed by atoms with van der Waals surface area (Å²) in [6.45, 7) is 8.94. The van der Waals surface area contributed by atoms with Gasteiger partial charge in [0.15, 0.2) is 11.0 Å². The summed E-state index contributed by atoms with van der Waals surface area (Å²) in [4.78, 5) is 14.1. The molecule has 0 aliphatic rings. The van der Waals surface area contributed by atoms with Crippen molar-refractivity contribution in [3.8, 4) is 21.8 Å². The molecule has 0 spiro atoms. The van der Waals surface area contributed by atoms with Gasteiger partial charge in [-0.25, -0.2) is 32.3 Å². The molecule has 2 aromatic carbocycles. The van der Waals surface area contributed by atoms with Crippen molar-refractivity contribution >= 4 is 34.0 Å². The van der Waals surface area contributed by atoms with Gasteiger partial charge in [0.1, 0.15) is 17.5 Å². The number of rotatable bonds is 9. The molecule has 2 aromatic heterocycles. The van der Waals surface area contributed by atoms with Crippen LogP contribution in [0.5, 0.6) is 0 Å². The van der Waals surface area contributed by atoms with Crippen molar-refractivity contribution in [3.05, 3.63) is 71.1 Å². The van der Waals surface area contributed by atoms with Gasteiger partial charge in [-0.1, -0.05) is 27.7 Å². The van der Waals surface area contributed by atoms with Crippen molar-refractivity contribution in [2.75, 3.05) is 16.6 Å². The van der Waals surface area contributed by atoms with Crippen LogP contribution in [-0.4, -0.2) is 25.7 Å². The molecule has 4 aromatic rings. The Morgan fingerprint density at radius 1 is 0.973 bits per heavy atom. The number of hydrogen-bond acceptors (Lipinski definition) is 6. The summed E-state index contributed by atoms with van der Waals surface area (Å²) >= 11 is 1.48. The summed E-state index contributed by atoms with van der Waals surface area (Å²) in [6.07, 6.45) is 1.66. The molecular formula is C26H26F3N5OS2. The van der Waals surface area contributed by atoms with Crippen molar-refractivity contribution in [3.63, 3.8) is 0 Å². The Balaban J connectivity index is 1.72. The quantitative estimate of drug-likeness (QED) is 0.237. The molecule has 0 saturated heterocycles. The van der Waals surface area contributed by atoms with E-state index in [9.17, 15) is 17.4 Å². The van der Waals surface area contributed by atoms with Crippen LogP contribution in [0.1, 0.15) is 38.6 Å². The number of anilines is 2. The number of aromatic nitrogens is 3. The minimum absolute atomic E-state index is 0.133. The first-order valence-corrected chi connectivity index (χ1v) is 13.6.